The van der Waals surface area contributed by atoms with Crippen LogP contribution in [0.25, 0.3) is 11.1 Å². The fourth-order valence-corrected chi connectivity index (χ4v) is 2.10. The first-order chi connectivity index (χ1) is 9.60. The van der Waals surface area contributed by atoms with Crippen LogP contribution in [0.4, 0.5) is 26.3 Å². The predicted molar refractivity (Wildman–Crippen MR) is 66.6 cm³/mol. The predicted octanol–water partition coefficient (Wildman–Crippen LogP) is 5.70. The Hall–Kier alpha value is -1.98. The Bertz CT molecular complexity index is 602. The summed E-state index contributed by atoms with van der Waals surface area (Å²) in [5.74, 6) is 0. The molecule has 0 aliphatic carbocycles. The average Bonchev–Trinajstić information content (AvgIpc) is 2.37. The number of hydrogen-bond acceptors (Lipinski definition) is 0. The lowest BCUT2D eigenvalue weighted by Gasteiger charge is -2.18. The molecule has 0 saturated carbocycles. The highest BCUT2D eigenvalue weighted by molar-refractivity contribution is 5.67. The summed E-state index contributed by atoms with van der Waals surface area (Å²) in [5, 5.41) is 0. The molecule has 0 radical (unpaired) electrons. The van der Waals surface area contributed by atoms with Crippen molar-refractivity contribution in [3.8, 4) is 11.1 Å². The minimum atomic E-state index is -4.84. The average molecular weight is 304 g/mol. The summed E-state index contributed by atoms with van der Waals surface area (Å²) in [6.07, 6.45) is -9.68. The van der Waals surface area contributed by atoms with Gasteiger partial charge in [0.1, 0.15) is 0 Å². The number of rotatable bonds is 1. The van der Waals surface area contributed by atoms with Gasteiger partial charge in [-0.05, 0) is 35.7 Å². The third kappa shape index (κ3) is 3.20. The first kappa shape index (κ1) is 15.4. The molecular formula is C15H10F6. The highest BCUT2D eigenvalue weighted by atomic mass is 19.4. The molecule has 0 N–H and O–H groups in total. The van der Waals surface area contributed by atoms with Crippen LogP contribution in [0.1, 0.15) is 16.7 Å². The summed E-state index contributed by atoms with van der Waals surface area (Å²) in [4.78, 5) is 0. The second-order valence-corrected chi connectivity index (χ2v) is 4.56. The maximum absolute atomic E-state index is 12.9. The largest absolute Gasteiger partial charge is 0.416 e. The molecule has 0 heterocycles. The zero-order chi connectivity index (χ0) is 15.8. The zero-order valence-corrected chi connectivity index (χ0v) is 10.8. The van der Waals surface area contributed by atoms with Gasteiger partial charge in [0.2, 0.25) is 0 Å². The van der Waals surface area contributed by atoms with Crippen LogP contribution in [0, 0.1) is 6.92 Å². The van der Waals surface area contributed by atoms with Gasteiger partial charge in [0.05, 0.1) is 11.1 Å². The summed E-state index contributed by atoms with van der Waals surface area (Å²) in [7, 11) is 0. The molecule has 2 aromatic carbocycles. The van der Waals surface area contributed by atoms with Crippen LogP contribution in [0.2, 0.25) is 0 Å². The summed E-state index contributed by atoms with van der Waals surface area (Å²) >= 11 is 0. The summed E-state index contributed by atoms with van der Waals surface area (Å²) in [6, 6.07) is 9.16. The molecule has 0 aromatic heterocycles. The van der Waals surface area contributed by atoms with Crippen LogP contribution in [-0.4, -0.2) is 0 Å². The van der Waals surface area contributed by atoms with E-state index in [1.807, 2.05) is 0 Å². The van der Waals surface area contributed by atoms with Crippen molar-refractivity contribution in [1.82, 2.24) is 0 Å². The SMILES string of the molecule is Cc1c(C(F)(F)F)cc(-c2ccccc2)cc1C(F)(F)F. The minimum absolute atomic E-state index is 0.110. The van der Waals surface area contributed by atoms with E-state index in [1.165, 1.54) is 12.1 Å². The first-order valence-electron chi connectivity index (χ1n) is 5.95. The van der Waals surface area contributed by atoms with Gasteiger partial charge in [0.15, 0.2) is 0 Å². The second kappa shape index (κ2) is 5.09. The normalized spacial score (nSPS) is 12.5. The van der Waals surface area contributed by atoms with Crippen molar-refractivity contribution in [2.75, 3.05) is 0 Å². The number of benzene rings is 2. The lowest BCUT2D eigenvalue weighted by atomic mass is 9.94. The van der Waals surface area contributed by atoms with Crippen molar-refractivity contribution in [3.05, 3.63) is 59.2 Å². The molecule has 0 spiro atoms. The number of hydrogen-bond donors (Lipinski definition) is 0. The van der Waals surface area contributed by atoms with E-state index in [0.717, 1.165) is 19.1 Å². The van der Waals surface area contributed by atoms with Crippen molar-refractivity contribution >= 4 is 0 Å². The monoisotopic (exact) mass is 304 g/mol. The van der Waals surface area contributed by atoms with Crippen molar-refractivity contribution in [3.63, 3.8) is 0 Å². The van der Waals surface area contributed by atoms with Crippen LogP contribution in [0.3, 0.4) is 0 Å². The maximum Gasteiger partial charge on any atom is 0.416 e. The van der Waals surface area contributed by atoms with E-state index in [9.17, 15) is 26.3 Å². The van der Waals surface area contributed by atoms with Crippen LogP contribution in [0.15, 0.2) is 42.5 Å². The fourth-order valence-electron chi connectivity index (χ4n) is 2.10. The van der Waals surface area contributed by atoms with Crippen molar-refractivity contribution in [1.29, 1.82) is 0 Å². The Morgan fingerprint density at radius 1 is 0.667 bits per heavy atom. The van der Waals surface area contributed by atoms with Gasteiger partial charge in [-0.2, -0.15) is 26.3 Å². The molecule has 0 nitrogen and oxygen atoms in total. The summed E-state index contributed by atoms with van der Waals surface area (Å²) in [5.41, 5.74) is -3.16. The quantitative estimate of drug-likeness (QED) is 0.593. The Kier molecular flexibility index (Phi) is 3.74. The van der Waals surface area contributed by atoms with Gasteiger partial charge in [-0.25, -0.2) is 0 Å². The lowest BCUT2D eigenvalue weighted by molar-refractivity contribution is -0.143. The maximum atomic E-state index is 12.9. The minimum Gasteiger partial charge on any atom is -0.166 e. The second-order valence-electron chi connectivity index (χ2n) is 4.56. The summed E-state index contributed by atoms with van der Waals surface area (Å²) in [6.45, 7) is 0.834. The summed E-state index contributed by atoms with van der Waals surface area (Å²) < 4.78 is 77.7. The standard InChI is InChI=1S/C15H10F6/c1-9-12(14(16,17)18)7-11(8-13(9)15(19,20)21)10-5-3-2-4-6-10/h2-8H,1H3. The van der Waals surface area contributed by atoms with E-state index in [-0.39, 0.29) is 5.56 Å². The van der Waals surface area contributed by atoms with E-state index in [0.29, 0.717) is 5.56 Å². The van der Waals surface area contributed by atoms with Gasteiger partial charge in [0.25, 0.3) is 0 Å². The molecule has 21 heavy (non-hydrogen) atoms. The van der Waals surface area contributed by atoms with E-state index in [4.69, 9.17) is 0 Å². The van der Waals surface area contributed by atoms with Crippen LogP contribution in [-0.2, 0) is 12.4 Å². The number of halogens is 6. The van der Waals surface area contributed by atoms with Crippen LogP contribution in [0.5, 0.6) is 0 Å². The molecule has 0 amide bonds. The third-order valence-electron chi connectivity index (χ3n) is 3.13. The smallest absolute Gasteiger partial charge is 0.166 e. The van der Waals surface area contributed by atoms with Gasteiger partial charge in [-0.15, -0.1) is 0 Å². The molecule has 6 heteroatoms. The van der Waals surface area contributed by atoms with Crippen LogP contribution >= 0.6 is 0 Å². The van der Waals surface area contributed by atoms with E-state index in [1.54, 1.807) is 18.2 Å². The fraction of sp³-hybridized carbons (Fsp3) is 0.200. The van der Waals surface area contributed by atoms with Gasteiger partial charge in [-0.1, -0.05) is 30.3 Å². The van der Waals surface area contributed by atoms with Crippen molar-refractivity contribution in [2.24, 2.45) is 0 Å². The zero-order valence-electron chi connectivity index (χ0n) is 10.8. The van der Waals surface area contributed by atoms with E-state index < -0.39 is 29.0 Å². The van der Waals surface area contributed by atoms with E-state index in [2.05, 4.69) is 0 Å². The van der Waals surface area contributed by atoms with Crippen molar-refractivity contribution in [2.45, 2.75) is 19.3 Å². The lowest BCUT2D eigenvalue weighted by Crippen LogP contribution is -2.15. The van der Waals surface area contributed by atoms with Crippen LogP contribution < -0.4 is 0 Å². The molecule has 0 aliphatic heterocycles. The Balaban J connectivity index is 2.75. The molecule has 0 atom stereocenters. The van der Waals surface area contributed by atoms with Gasteiger partial charge in [0, 0.05) is 0 Å². The molecule has 0 bridgehead atoms. The Morgan fingerprint density at radius 2 is 1.10 bits per heavy atom. The van der Waals surface area contributed by atoms with E-state index >= 15 is 0 Å². The molecular weight excluding hydrogens is 294 g/mol. The molecule has 0 saturated heterocycles. The Labute approximate surface area is 117 Å². The first-order valence-corrected chi connectivity index (χ1v) is 5.95. The molecule has 2 rings (SSSR count). The number of alkyl halides is 6. The van der Waals surface area contributed by atoms with Gasteiger partial charge >= 0.3 is 12.4 Å². The molecule has 0 aliphatic rings. The van der Waals surface area contributed by atoms with Gasteiger partial charge in [-0.3, -0.25) is 0 Å². The molecule has 2 aromatic rings. The topological polar surface area (TPSA) is 0 Å². The Morgan fingerprint density at radius 3 is 1.48 bits per heavy atom. The molecule has 0 fully saturated rings. The van der Waals surface area contributed by atoms with Gasteiger partial charge < -0.3 is 0 Å². The highest BCUT2D eigenvalue weighted by Crippen LogP contribution is 2.41. The molecule has 112 valence electrons. The molecule has 0 unspecified atom stereocenters. The highest BCUT2D eigenvalue weighted by Gasteiger charge is 2.39. The third-order valence-corrected chi connectivity index (χ3v) is 3.13. The van der Waals surface area contributed by atoms with Crippen molar-refractivity contribution < 1.29 is 26.3 Å².